The van der Waals surface area contributed by atoms with Crippen LogP contribution < -0.4 is 103 Å². The van der Waals surface area contributed by atoms with E-state index in [0.29, 0.717) is 11.1 Å². The van der Waals surface area contributed by atoms with Crippen molar-refractivity contribution in [3.8, 4) is 5.75 Å². The molecule has 19 atom stereocenters. The van der Waals surface area contributed by atoms with Gasteiger partial charge in [-0.3, -0.25) is 86.3 Å². The number of thioether (sulfide) groups is 1. The summed E-state index contributed by atoms with van der Waals surface area (Å²) in [6.07, 6.45) is -5.98. The Labute approximate surface area is 763 Å². The van der Waals surface area contributed by atoms with Gasteiger partial charge in [0.1, 0.15) is 96.4 Å². The summed E-state index contributed by atoms with van der Waals surface area (Å²) in [7, 11) is 0. The molecule has 0 spiro atoms. The number of likely N-dealkylation sites (tertiary alicyclic amines) is 1. The van der Waals surface area contributed by atoms with Gasteiger partial charge in [-0.1, -0.05) is 84.0 Å². The predicted octanol–water partition coefficient (Wildman–Crippen LogP) is -8.21. The van der Waals surface area contributed by atoms with Gasteiger partial charge in [0.2, 0.25) is 106 Å². The molecule has 0 radical (unpaired) electrons. The number of aliphatic carboxylic acids is 1. The topological polar surface area (TPSA) is 754 Å². The van der Waals surface area contributed by atoms with Crippen molar-refractivity contribution in [2.24, 2.45) is 40.7 Å². The fraction of sp³-hybridized carbons (Fsp3) is 0.631. The van der Waals surface area contributed by atoms with Gasteiger partial charge in [0, 0.05) is 25.8 Å². The van der Waals surface area contributed by atoms with Crippen molar-refractivity contribution in [3.05, 3.63) is 65.7 Å². The number of primary amides is 2. The number of aliphatic hydroxyl groups is 5. The number of phenolic OH excluding ortho intramolecular Hbond substituents is 1. The summed E-state index contributed by atoms with van der Waals surface area (Å²) >= 11 is 1.25. The van der Waals surface area contributed by atoms with Crippen LogP contribution in [0, 0.1) is 17.8 Å². The van der Waals surface area contributed by atoms with E-state index in [2.05, 4.69) is 79.8 Å². The van der Waals surface area contributed by atoms with Gasteiger partial charge < -0.3 is 143 Å². The number of unbranched alkanes of at least 4 members (excludes halogenated alkanes) is 1. The number of aliphatic hydroxyl groups excluding tert-OH is 5. The number of benzene rings is 2. The summed E-state index contributed by atoms with van der Waals surface area (Å²) in [5, 5.41) is 109. The van der Waals surface area contributed by atoms with Gasteiger partial charge in [-0.25, -0.2) is 4.79 Å². The van der Waals surface area contributed by atoms with Gasteiger partial charge in [-0.2, -0.15) is 11.8 Å². The van der Waals surface area contributed by atoms with Crippen LogP contribution in [0.2, 0.25) is 0 Å². The van der Waals surface area contributed by atoms with Gasteiger partial charge in [0.05, 0.1) is 44.1 Å². The van der Waals surface area contributed by atoms with Gasteiger partial charge in [0.15, 0.2) is 0 Å². The van der Waals surface area contributed by atoms with Crippen molar-refractivity contribution in [3.63, 3.8) is 0 Å². The quantitative estimate of drug-likeness (QED) is 0.0274. The Bertz CT molecular complexity index is 4190. The highest BCUT2D eigenvalue weighted by Gasteiger charge is 2.44. The van der Waals surface area contributed by atoms with Gasteiger partial charge >= 0.3 is 5.97 Å². The van der Waals surface area contributed by atoms with E-state index in [4.69, 9.17) is 22.9 Å². The molecule has 0 unspecified atom stereocenters. The van der Waals surface area contributed by atoms with Crippen molar-refractivity contribution < 1.29 is 127 Å². The molecule has 3 rings (SSSR count). The first-order valence-corrected chi connectivity index (χ1v) is 44.6. The van der Waals surface area contributed by atoms with E-state index in [1.165, 1.54) is 37.7 Å². The van der Waals surface area contributed by atoms with E-state index in [-0.39, 0.29) is 101 Å². The number of carboxylic acids is 1. The molecular weight excluding hydrogens is 1740 g/mol. The third-order valence-corrected chi connectivity index (χ3v) is 21.5. The van der Waals surface area contributed by atoms with Crippen LogP contribution in [0.15, 0.2) is 54.6 Å². The molecule has 18 amide bonds. The lowest BCUT2D eigenvalue weighted by Gasteiger charge is -2.32. The molecule has 1 fully saturated rings. The molecule has 47 heteroatoms. The van der Waals surface area contributed by atoms with Crippen molar-refractivity contribution in [2.75, 3.05) is 44.9 Å². The fourth-order valence-electron chi connectivity index (χ4n) is 13.5. The number of carbonyl (C=O) groups is 19. The summed E-state index contributed by atoms with van der Waals surface area (Å²) in [6.45, 7) is 11.4. The number of phenols is 1. The standard InChI is InChI=1S/C84H134N20O26S/c1-41(2)34-56(76(121)100-65(43(5)6)80(125)102-67(46(9)108)81(126)97-58(84(129)130)35-42(3)4)96-79(124)61-21-17-32-104(61)83(128)68(47(10)109)103-73(118)54(27-29-63(88)112)94-77(122)59(39-105)98-71(116)52(20-15-16-31-85)92-72(117)53(26-28-62(87)111)93-78(123)60(40-106)99-82(127)66(45(8)107)101-74(119)55(30-33-131-11)95-75(120)57(37-48-18-13-12-14-19-48)91-64(113)38-89-69(114)44(7)90-70(115)51(86)36-49-22-24-50(110)25-23-49/h12-14,18-19,22-25,41-47,51-61,65-68,105-110H,15-17,20-21,26-40,85-86H2,1-11H3,(H2,87,111)(H2,88,112)(H,89,114)(H,90,115)(H,91,113)(H,92,117)(H,93,123)(H,94,122)(H,95,120)(H,96,124)(H,97,126)(H,98,116)(H,99,127)(H,100,121)(H,101,119)(H,102,125)(H,103,118)(H,129,130)/t44-,45-,46-,47-,51+,52+,53+,54+,55+,56+,57+,58+,59+,60+,61+,65+,66+,67+,68+/m1/s1. The lowest BCUT2D eigenvalue weighted by Crippen LogP contribution is -2.63. The molecule has 2 aromatic carbocycles. The molecule has 1 aliphatic rings. The number of carbonyl (C=O) groups excluding carboxylic acids is 18. The van der Waals surface area contributed by atoms with E-state index in [1.54, 1.807) is 90.3 Å². The maximum absolute atomic E-state index is 14.6. The Morgan fingerprint density at radius 3 is 1.32 bits per heavy atom. The second-order valence-electron chi connectivity index (χ2n) is 33.4. The van der Waals surface area contributed by atoms with E-state index in [0.717, 1.165) is 18.7 Å². The molecule has 0 aromatic heterocycles. The number of nitrogens with two attached hydrogens (primary N) is 4. The van der Waals surface area contributed by atoms with Crippen LogP contribution >= 0.6 is 11.8 Å². The Balaban J connectivity index is 1.83. The average Bonchev–Trinajstić information content (AvgIpc) is 1.68. The molecule has 131 heavy (non-hydrogen) atoms. The number of carboxylic acid groups (broad SMARTS) is 1. The minimum Gasteiger partial charge on any atom is -0.508 e. The Morgan fingerprint density at radius 1 is 0.443 bits per heavy atom. The molecule has 1 heterocycles. The highest BCUT2D eigenvalue weighted by molar-refractivity contribution is 7.98. The molecule has 2 aromatic rings. The first kappa shape index (κ1) is 113. The fourth-order valence-corrected chi connectivity index (χ4v) is 14.0. The summed E-state index contributed by atoms with van der Waals surface area (Å²) in [4.78, 5) is 261. The second-order valence-corrected chi connectivity index (χ2v) is 34.3. The minimum atomic E-state index is -2.03. The molecule has 46 nitrogen and oxygen atoms in total. The maximum Gasteiger partial charge on any atom is 0.326 e. The Hall–Kier alpha value is -11.8. The highest BCUT2D eigenvalue weighted by Crippen LogP contribution is 2.22. The normalized spacial score (nSPS) is 16.6. The van der Waals surface area contributed by atoms with E-state index < -0.39 is 279 Å². The smallest absolute Gasteiger partial charge is 0.326 e. The summed E-state index contributed by atoms with van der Waals surface area (Å²) in [5.41, 5.74) is 23.9. The van der Waals surface area contributed by atoms with Crippen molar-refractivity contribution in [1.82, 2.24) is 84.7 Å². The zero-order chi connectivity index (χ0) is 98.8. The summed E-state index contributed by atoms with van der Waals surface area (Å²) < 4.78 is 0. The number of nitrogens with zero attached hydrogens (tertiary/aromatic N) is 1. The zero-order valence-electron chi connectivity index (χ0n) is 75.6. The average molecular weight is 1870 g/mol. The second kappa shape index (κ2) is 57.4. The van der Waals surface area contributed by atoms with E-state index in [1.807, 2.05) is 0 Å². The number of rotatable bonds is 59. The van der Waals surface area contributed by atoms with Crippen molar-refractivity contribution in [2.45, 2.75) is 274 Å². The van der Waals surface area contributed by atoms with E-state index >= 15 is 0 Å². The largest absolute Gasteiger partial charge is 0.508 e. The number of hydrogen-bond acceptors (Lipinski definition) is 28. The van der Waals surface area contributed by atoms with Gasteiger partial charge in [-0.15, -0.1) is 0 Å². The lowest BCUT2D eigenvalue weighted by atomic mass is 9.98. The summed E-state index contributed by atoms with van der Waals surface area (Å²) in [6, 6.07) is -11.5. The molecule has 30 N–H and O–H groups in total. The number of nitrogens with one attached hydrogen (secondary N) is 15. The SMILES string of the molecule is CSCC[C@H](NC(=O)[C@H](Cc1ccccc1)NC(=O)CNC(=O)[C@@H](C)NC(=O)[C@@H](N)Cc1ccc(O)cc1)C(=O)N[C@H](C(=O)N[C@@H](CO)C(=O)N[C@@H](CCC(N)=O)C(=O)N[C@@H](CCCCN)C(=O)N[C@@H](CO)C(=O)N[C@@H](CCC(N)=O)C(=O)N[C@H](C(=O)N1CCC[C@H]1C(=O)N[C@@H](CC(C)C)C(=O)N[C@H](C(=O)N[C@H](C(=O)N[C@@H](CC(C)C)C(=O)O)[C@@H](C)O)C(C)C)[C@@H](C)O)[C@@H](C)O. The van der Waals surface area contributed by atoms with Crippen LogP contribution in [-0.2, 0) is 104 Å². The van der Waals surface area contributed by atoms with Crippen LogP contribution in [0.1, 0.15) is 157 Å². The molecule has 1 saturated heterocycles. The van der Waals surface area contributed by atoms with Crippen LogP contribution in [0.3, 0.4) is 0 Å². The Kier molecular flexibility index (Phi) is 49.7. The van der Waals surface area contributed by atoms with Crippen LogP contribution in [0.5, 0.6) is 5.75 Å². The minimum absolute atomic E-state index is 0.00357. The third-order valence-electron chi connectivity index (χ3n) is 20.8. The van der Waals surface area contributed by atoms with Crippen LogP contribution in [0.25, 0.3) is 0 Å². The molecular formula is C84H134N20O26S. The third kappa shape index (κ3) is 39.8. The van der Waals surface area contributed by atoms with Crippen molar-refractivity contribution in [1.29, 1.82) is 0 Å². The Morgan fingerprint density at radius 2 is 0.855 bits per heavy atom. The van der Waals surface area contributed by atoms with Crippen LogP contribution in [0.4, 0.5) is 0 Å². The first-order valence-electron chi connectivity index (χ1n) is 43.2. The maximum atomic E-state index is 14.6. The zero-order valence-corrected chi connectivity index (χ0v) is 76.4. The van der Waals surface area contributed by atoms with Gasteiger partial charge in [0.25, 0.3) is 0 Å². The van der Waals surface area contributed by atoms with Crippen LogP contribution in [-0.4, -0.2) is 313 Å². The van der Waals surface area contributed by atoms with Crippen molar-refractivity contribution >= 4 is 124 Å². The van der Waals surface area contributed by atoms with E-state index in [9.17, 15) is 127 Å². The number of amides is 18. The summed E-state index contributed by atoms with van der Waals surface area (Å²) in [5.74, 6) is -21.1. The molecule has 0 saturated carbocycles. The first-order chi connectivity index (χ1) is 61.6. The highest BCUT2D eigenvalue weighted by atomic mass is 32.2. The molecule has 0 aliphatic carbocycles. The predicted molar refractivity (Wildman–Crippen MR) is 474 cm³/mol. The number of hydrogen-bond donors (Lipinski definition) is 26. The van der Waals surface area contributed by atoms with Gasteiger partial charge in [-0.05, 0) is 158 Å². The number of aromatic hydroxyl groups is 1. The monoisotopic (exact) mass is 1870 g/mol. The molecule has 732 valence electrons. The molecule has 0 bridgehead atoms. The molecule has 1 aliphatic heterocycles. The lowest BCUT2D eigenvalue weighted by molar-refractivity contribution is -0.145.